The van der Waals surface area contributed by atoms with Crippen LogP contribution in [0.2, 0.25) is 0 Å². The maximum Gasteiger partial charge on any atom is 0.145 e. The molecule has 1 aromatic rings. The zero-order chi connectivity index (χ0) is 16.5. The Balaban J connectivity index is 2.01. The van der Waals surface area contributed by atoms with Gasteiger partial charge in [-0.15, -0.1) is 0 Å². The van der Waals surface area contributed by atoms with Gasteiger partial charge in [-0.1, -0.05) is 0 Å². The van der Waals surface area contributed by atoms with E-state index in [0.29, 0.717) is 0 Å². The highest BCUT2D eigenvalue weighted by Crippen LogP contribution is 2.32. The molecule has 130 valence electrons. The number of benzene rings is 1. The summed E-state index contributed by atoms with van der Waals surface area (Å²) < 4.78 is 10.9. The summed E-state index contributed by atoms with van der Waals surface area (Å²) in [6.07, 6.45) is 4.77. The quantitative estimate of drug-likeness (QED) is 0.781. The van der Waals surface area contributed by atoms with Crippen LogP contribution in [-0.2, 0) is 0 Å². The maximum absolute atomic E-state index is 5.60. The summed E-state index contributed by atoms with van der Waals surface area (Å²) in [4.78, 5) is 5.01. The Morgan fingerprint density at radius 1 is 1.00 bits per heavy atom. The molecular formula is C18H31N3O2. The van der Waals surface area contributed by atoms with Crippen LogP contribution in [0.25, 0.3) is 0 Å². The molecule has 0 unspecified atom stereocenters. The van der Waals surface area contributed by atoms with Crippen LogP contribution in [0.15, 0.2) is 18.2 Å². The first-order chi connectivity index (χ1) is 11.3. The third-order valence-electron chi connectivity index (χ3n) is 4.49. The van der Waals surface area contributed by atoms with Gasteiger partial charge in [0.1, 0.15) is 11.5 Å². The van der Waals surface area contributed by atoms with E-state index in [2.05, 4.69) is 15.9 Å². The Morgan fingerprint density at radius 2 is 1.83 bits per heavy atom. The molecule has 1 fully saturated rings. The number of unbranched alkanes of at least 4 members (excludes halogenated alkanes) is 1. The fourth-order valence-electron chi connectivity index (χ4n) is 3.11. The molecule has 0 bridgehead atoms. The van der Waals surface area contributed by atoms with Crippen molar-refractivity contribution >= 4 is 5.69 Å². The van der Waals surface area contributed by atoms with Crippen LogP contribution in [-0.4, -0.2) is 58.4 Å². The van der Waals surface area contributed by atoms with Gasteiger partial charge in [0.05, 0.1) is 19.9 Å². The van der Waals surface area contributed by atoms with Gasteiger partial charge in [-0.2, -0.15) is 0 Å². The van der Waals surface area contributed by atoms with Gasteiger partial charge in [0.25, 0.3) is 0 Å². The van der Waals surface area contributed by atoms with Crippen molar-refractivity contribution in [1.82, 2.24) is 4.90 Å². The van der Waals surface area contributed by atoms with Gasteiger partial charge in [-0.25, -0.2) is 0 Å². The van der Waals surface area contributed by atoms with Crippen molar-refractivity contribution in [2.75, 3.05) is 58.4 Å². The van der Waals surface area contributed by atoms with Gasteiger partial charge in [-0.05, 0) is 57.5 Å². The summed E-state index contributed by atoms with van der Waals surface area (Å²) in [5.41, 5.74) is 6.77. The van der Waals surface area contributed by atoms with E-state index < -0.39 is 0 Å². The second kappa shape index (κ2) is 9.63. The fraction of sp³-hybridized carbons (Fsp3) is 0.667. The Bertz CT molecular complexity index is 468. The van der Waals surface area contributed by atoms with E-state index in [1.807, 2.05) is 12.1 Å². The van der Waals surface area contributed by atoms with Crippen molar-refractivity contribution in [3.8, 4) is 11.5 Å². The number of rotatable bonds is 7. The third-order valence-corrected chi connectivity index (χ3v) is 4.49. The van der Waals surface area contributed by atoms with E-state index >= 15 is 0 Å². The lowest BCUT2D eigenvalue weighted by Crippen LogP contribution is -2.39. The van der Waals surface area contributed by atoms with Crippen molar-refractivity contribution < 1.29 is 9.47 Å². The molecule has 0 amide bonds. The van der Waals surface area contributed by atoms with Crippen LogP contribution < -0.4 is 20.1 Å². The third kappa shape index (κ3) is 5.29. The summed E-state index contributed by atoms with van der Waals surface area (Å²) in [5.74, 6) is 1.72. The topological polar surface area (TPSA) is 51.0 Å². The second-order valence-corrected chi connectivity index (χ2v) is 6.07. The summed E-state index contributed by atoms with van der Waals surface area (Å²) in [5, 5.41) is 0. The average Bonchev–Trinajstić information content (AvgIpc) is 2.57. The fourth-order valence-corrected chi connectivity index (χ4v) is 3.11. The Hall–Kier alpha value is -1.46. The molecule has 1 aliphatic rings. The summed E-state index contributed by atoms with van der Waals surface area (Å²) in [6, 6.07) is 6.08. The van der Waals surface area contributed by atoms with Gasteiger partial charge in [0.2, 0.25) is 0 Å². The van der Waals surface area contributed by atoms with Crippen LogP contribution in [0.4, 0.5) is 5.69 Å². The molecule has 0 saturated carbocycles. The van der Waals surface area contributed by atoms with Crippen molar-refractivity contribution in [2.24, 2.45) is 5.73 Å². The van der Waals surface area contributed by atoms with Crippen LogP contribution in [0.3, 0.4) is 0 Å². The Labute approximate surface area is 140 Å². The van der Waals surface area contributed by atoms with Gasteiger partial charge in [0, 0.05) is 25.7 Å². The molecule has 5 heteroatoms. The zero-order valence-corrected chi connectivity index (χ0v) is 14.6. The Morgan fingerprint density at radius 3 is 2.57 bits per heavy atom. The number of ether oxygens (including phenoxy) is 2. The Kier molecular flexibility index (Phi) is 7.49. The molecule has 5 nitrogen and oxygen atoms in total. The van der Waals surface area contributed by atoms with E-state index in [9.17, 15) is 0 Å². The predicted molar refractivity (Wildman–Crippen MR) is 95.7 cm³/mol. The SMILES string of the molecule is COc1ccc(N2CCCCN(CCCCN)CC2)c(OC)c1. The lowest BCUT2D eigenvalue weighted by atomic mass is 10.1. The van der Waals surface area contributed by atoms with Crippen LogP contribution >= 0.6 is 0 Å². The number of nitrogens with zero attached hydrogens (tertiary/aromatic N) is 2. The smallest absolute Gasteiger partial charge is 0.145 e. The molecule has 1 aliphatic heterocycles. The second-order valence-electron chi connectivity index (χ2n) is 6.07. The summed E-state index contributed by atoms with van der Waals surface area (Å²) in [6.45, 7) is 6.37. The average molecular weight is 321 g/mol. The standard InChI is InChI=1S/C18H31N3O2/c1-22-16-7-8-17(18(15-16)23-2)21-12-6-5-11-20(13-14-21)10-4-3-9-19/h7-8,15H,3-6,9-14,19H2,1-2H3. The predicted octanol–water partition coefficient (Wildman–Crippen LogP) is 2.34. The van der Waals surface area contributed by atoms with Gasteiger partial charge >= 0.3 is 0 Å². The van der Waals surface area contributed by atoms with Crippen molar-refractivity contribution in [1.29, 1.82) is 0 Å². The lowest BCUT2D eigenvalue weighted by molar-refractivity contribution is 0.258. The van der Waals surface area contributed by atoms with E-state index in [4.69, 9.17) is 15.2 Å². The number of nitrogens with two attached hydrogens (primary N) is 1. The number of methoxy groups -OCH3 is 2. The van der Waals surface area contributed by atoms with E-state index in [0.717, 1.165) is 56.3 Å². The van der Waals surface area contributed by atoms with Gasteiger partial charge in [-0.3, -0.25) is 0 Å². The molecule has 2 N–H and O–H groups in total. The molecule has 0 radical (unpaired) electrons. The van der Waals surface area contributed by atoms with Crippen LogP contribution in [0.1, 0.15) is 25.7 Å². The molecule has 0 spiro atoms. The first-order valence-electron chi connectivity index (χ1n) is 8.68. The van der Waals surface area contributed by atoms with Gasteiger partial charge < -0.3 is 25.0 Å². The molecule has 1 aromatic carbocycles. The minimum atomic E-state index is 0.795. The number of hydrogen-bond acceptors (Lipinski definition) is 5. The van der Waals surface area contributed by atoms with E-state index in [1.54, 1.807) is 14.2 Å². The number of hydrogen-bond donors (Lipinski definition) is 1. The summed E-state index contributed by atoms with van der Waals surface area (Å²) in [7, 11) is 3.41. The lowest BCUT2D eigenvalue weighted by Gasteiger charge is -2.33. The minimum absolute atomic E-state index is 0.795. The first-order valence-corrected chi connectivity index (χ1v) is 8.68. The van der Waals surface area contributed by atoms with Crippen molar-refractivity contribution in [3.05, 3.63) is 18.2 Å². The molecule has 1 saturated heterocycles. The van der Waals surface area contributed by atoms with Gasteiger partial charge in [0.15, 0.2) is 0 Å². The minimum Gasteiger partial charge on any atom is -0.497 e. The van der Waals surface area contributed by atoms with E-state index in [-0.39, 0.29) is 0 Å². The highest BCUT2D eigenvalue weighted by atomic mass is 16.5. The molecular weight excluding hydrogens is 290 g/mol. The van der Waals surface area contributed by atoms with Crippen molar-refractivity contribution in [3.63, 3.8) is 0 Å². The largest absolute Gasteiger partial charge is 0.497 e. The molecule has 0 aromatic heterocycles. The summed E-state index contributed by atoms with van der Waals surface area (Å²) >= 11 is 0. The monoisotopic (exact) mass is 321 g/mol. The van der Waals surface area contributed by atoms with Crippen LogP contribution in [0.5, 0.6) is 11.5 Å². The molecule has 1 heterocycles. The molecule has 0 atom stereocenters. The zero-order valence-electron chi connectivity index (χ0n) is 14.6. The van der Waals surface area contributed by atoms with E-state index in [1.165, 1.54) is 25.8 Å². The molecule has 2 rings (SSSR count). The van der Waals surface area contributed by atoms with Crippen molar-refractivity contribution in [2.45, 2.75) is 25.7 Å². The normalized spacial score (nSPS) is 16.7. The molecule has 23 heavy (non-hydrogen) atoms. The van der Waals surface area contributed by atoms with Crippen LogP contribution in [0, 0.1) is 0 Å². The first kappa shape index (κ1) is 17.9. The highest BCUT2D eigenvalue weighted by molar-refractivity contribution is 5.61. The molecule has 0 aliphatic carbocycles. The highest BCUT2D eigenvalue weighted by Gasteiger charge is 2.17. The maximum atomic E-state index is 5.60. The number of anilines is 1.